The minimum Gasteiger partial charge on any atom is -0.295 e. The van der Waals surface area contributed by atoms with Crippen molar-refractivity contribution < 1.29 is 13.2 Å². The molecule has 2 heterocycles. The van der Waals surface area contributed by atoms with E-state index in [1.54, 1.807) is 18.2 Å². The van der Waals surface area contributed by atoms with Gasteiger partial charge in [-0.15, -0.1) is 10.2 Å². The SMILES string of the molecule is CS(=O)(=O)c1nnc(NC(=O)c2n[nH]c3ccc(Cl)cc23)s1. The molecular formula is C11H8ClN5O3S2. The number of rotatable bonds is 3. The Morgan fingerprint density at radius 1 is 1.36 bits per heavy atom. The number of fused-ring (bicyclic) bond motifs is 1. The summed E-state index contributed by atoms with van der Waals surface area (Å²) in [6.45, 7) is 0. The van der Waals surface area contributed by atoms with Crippen molar-refractivity contribution in [3.05, 3.63) is 28.9 Å². The van der Waals surface area contributed by atoms with Crippen molar-refractivity contribution in [2.45, 2.75) is 4.34 Å². The molecule has 0 saturated carbocycles. The molecule has 3 aromatic rings. The van der Waals surface area contributed by atoms with Crippen LogP contribution in [0.15, 0.2) is 22.5 Å². The molecule has 1 aromatic carbocycles. The summed E-state index contributed by atoms with van der Waals surface area (Å²) < 4.78 is 22.5. The van der Waals surface area contributed by atoms with Gasteiger partial charge in [-0.1, -0.05) is 22.9 Å². The summed E-state index contributed by atoms with van der Waals surface area (Å²) in [5.41, 5.74) is 0.789. The molecule has 1 amide bonds. The number of anilines is 1. The molecule has 0 unspecified atom stereocenters. The van der Waals surface area contributed by atoms with Crippen LogP contribution in [0.3, 0.4) is 0 Å². The number of hydrogen-bond donors (Lipinski definition) is 2. The van der Waals surface area contributed by atoms with Crippen LogP contribution in [0.5, 0.6) is 0 Å². The van der Waals surface area contributed by atoms with Crippen LogP contribution in [-0.2, 0) is 9.84 Å². The summed E-state index contributed by atoms with van der Waals surface area (Å²) in [5, 5.41) is 17.3. The lowest BCUT2D eigenvalue weighted by molar-refractivity contribution is 0.102. The van der Waals surface area contributed by atoms with Gasteiger partial charge >= 0.3 is 0 Å². The first-order chi connectivity index (χ1) is 10.3. The van der Waals surface area contributed by atoms with E-state index in [9.17, 15) is 13.2 Å². The van der Waals surface area contributed by atoms with Crippen LogP contribution >= 0.6 is 22.9 Å². The Bertz CT molecular complexity index is 979. The van der Waals surface area contributed by atoms with Gasteiger partial charge in [-0.3, -0.25) is 15.2 Å². The van der Waals surface area contributed by atoms with Gasteiger partial charge < -0.3 is 0 Å². The summed E-state index contributed by atoms with van der Waals surface area (Å²) in [6, 6.07) is 4.98. The first-order valence-electron chi connectivity index (χ1n) is 5.83. The van der Waals surface area contributed by atoms with Gasteiger partial charge in [0, 0.05) is 16.7 Å². The molecule has 0 radical (unpaired) electrons. The second-order valence-electron chi connectivity index (χ2n) is 4.36. The fraction of sp³-hybridized carbons (Fsp3) is 0.0909. The van der Waals surface area contributed by atoms with Crippen LogP contribution in [0.25, 0.3) is 10.9 Å². The lowest BCUT2D eigenvalue weighted by Crippen LogP contribution is -2.12. The number of benzene rings is 1. The molecule has 0 aliphatic heterocycles. The number of aromatic nitrogens is 4. The van der Waals surface area contributed by atoms with Gasteiger partial charge in [0.05, 0.1) is 5.52 Å². The monoisotopic (exact) mass is 357 g/mol. The topological polar surface area (TPSA) is 118 Å². The second kappa shape index (κ2) is 5.30. The van der Waals surface area contributed by atoms with E-state index in [2.05, 4.69) is 25.7 Å². The Morgan fingerprint density at radius 3 is 2.82 bits per heavy atom. The maximum absolute atomic E-state index is 12.2. The third-order valence-corrected chi connectivity index (χ3v) is 5.43. The van der Waals surface area contributed by atoms with Gasteiger partial charge in [-0.2, -0.15) is 5.10 Å². The standard InChI is InChI=1S/C11H8ClN5O3S2/c1-22(19,20)11-17-16-10(21-11)13-9(18)8-6-4-5(12)2-3-7(6)14-15-8/h2-4H,1H3,(H,14,15)(H,13,16,18). The summed E-state index contributed by atoms with van der Waals surface area (Å²) in [7, 11) is -3.46. The number of halogens is 1. The van der Waals surface area contributed by atoms with Crippen molar-refractivity contribution in [1.82, 2.24) is 20.4 Å². The Hall–Kier alpha value is -2.04. The summed E-state index contributed by atoms with van der Waals surface area (Å²) >= 11 is 6.67. The van der Waals surface area contributed by atoms with E-state index >= 15 is 0 Å². The molecule has 11 heteroatoms. The van der Waals surface area contributed by atoms with Crippen molar-refractivity contribution >= 4 is 54.7 Å². The molecule has 2 aromatic heterocycles. The number of hydrogen-bond acceptors (Lipinski definition) is 7. The number of sulfone groups is 1. The molecule has 0 saturated heterocycles. The Kier molecular flexibility index (Phi) is 3.59. The normalized spacial score (nSPS) is 11.7. The number of nitrogens with one attached hydrogen (secondary N) is 2. The largest absolute Gasteiger partial charge is 0.295 e. The van der Waals surface area contributed by atoms with Crippen molar-refractivity contribution in [3.8, 4) is 0 Å². The summed E-state index contributed by atoms with van der Waals surface area (Å²) in [6.07, 6.45) is 1.02. The zero-order valence-electron chi connectivity index (χ0n) is 11.0. The average molecular weight is 358 g/mol. The average Bonchev–Trinajstić information content (AvgIpc) is 3.04. The van der Waals surface area contributed by atoms with Crippen LogP contribution in [0, 0.1) is 0 Å². The third kappa shape index (κ3) is 2.80. The first kappa shape index (κ1) is 14.9. The van der Waals surface area contributed by atoms with Gasteiger partial charge in [0.25, 0.3) is 5.91 Å². The zero-order valence-corrected chi connectivity index (χ0v) is 13.4. The zero-order chi connectivity index (χ0) is 15.9. The fourth-order valence-corrected chi connectivity index (χ4v) is 3.40. The lowest BCUT2D eigenvalue weighted by atomic mass is 10.2. The predicted octanol–water partition coefficient (Wildman–Crippen LogP) is 1.72. The molecule has 0 aliphatic carbocycles. The Balaban J connectivity index is 1.90. The van der Waals surface area contributed by atoms with E-state index < -0.39 is 15.7 Å². The number of carbonyl (C=O) groups is 1. The minimum atomic E-state index is -3.46. The number of nitrogens with zero attached hydrogens (tertiary/aromatic N) is 3. The fourth-order valence-electron chi connectivity index (χ4n) is 1.73. The first-order valence-corrected chi connectivity index (χ1v) is 8.92. The smallest absolute Gasteiger partial charge is 0.278 e. The number of amides is 1. The highest BCUT2D eigenvalue weighted by atomic mass is 35.5. The second-order valence-corrected chi connectivity index (χ2v) is 7.96. The van der Waals surface area contributed by atoms with Gasteiger partial charge in [0.15, 0.2) is 5.69 Å². The quantitative estimate of drug-likeness (QED) is 0.689. The highest BCUT2D eigenvalue weighted by Crippen LogP contribution is 2.23. The summed E-state index contributed by atoms with van der Waals surface area (Å²) in [4.78, 5) is 12.2. The maximum Gasteiger partial charge on any atom is 0.278 e. The molecule has 2 N–H and O–H groups in total. The molecule has 114 valence electrons. The van der Waals surface area contributed by atoms with Crippen LogP contribution in [0.4, 0.5) is 5.13 Å². The van der Waals surface area contributed by atoms with Crippen molar-refractivity contribution in [3.63, 3.8) is 0 Å². The molecule has 3 rings (SSSR count). The molecule has 0 fully saturated rings. The lowest BCUT2D eigenvalue weighted by Gasteiger charge is -1.98. The van der Waals surface area contributed by atoms with Crippen LogP contribution < -0.4 is 5.32 Å². The molecule has 0 spiro atoms. The van der Waals surface area contributed by atoms with E-state index in [0.717, 1.165) is 17.6 Å². The van der Waals surface area contributed by atoms with E-state index in [1.807, 2.05) is 0 Å². The van der Waals surface area contributed by atoms with Gasteiger partial charge in [-0.05, 0) is 18.2 Å². The van der Waals surface area contributed by atoms with Gasteiger partial charge in [-0.25, -0.2) is 8.42 Å². The molecule has 0 atom stereocenters. The van der Waals surface area contributed by atoms with Crippen molar-refractivity contribution in [2.75, 3.05) is 11.6 Å². The van der Waals surface area contributed by atoms with Crippen LogP contribution in [0.2, 0.25) is 5.02 Å². The Labute approximate surface area is 133 Å². The van der Waals surface area contributed by atoms with Crippen molar-refractivity contribution in [2.24, 2.45) is 0 Å². The number of H-pyrrole nitrogens is 1. The number of aromatic amines is 1. The molecule has 22 heavy (non-hydrogen) atoms. The molecule has 0 bridgehead atoms. The Morgan fingerprint density at radius 2 is 2.14 bits per heavy atom. The van der Waals surface area contributed by atoms with Crippen LogP contribution in [0.1, 0.15) is 10.5 Å². The van der Waals surface area contributed by atoms with E-state index in [-0.39, 0.29) is 15.2 Å². The molecule has 8 nitrogen and oxygen atoms in total. The molecule has 0 aliphatic rings. The van der Waals surface area contributed by atoms with E-state index in [0.29, 0.717) is 15.9 Å². The van der Waals surface area contributed by atoms with Gasteiger partial charge in [0.1, 0.15) is 0 Å². The highest BCUT2D eigenvalue weighted by molar-refractivity contribution is 7.92. The van der Waals surface area contributed by atoms with Gasteiger partial charge in [0.2, 0.25) is 19.3 Å². The van der Waals surface area contributed by atoms with Crippen molar-refractivity contribution in [1.29, 1.82) is 0 Å². The van der Waals surface area contributed by atoms with E-state index in [4.69, 9.17) is 11.6 Å². The van der Waals surface area contributed by atoms with Crippen LogP contribution in [-0.4, -0.2) is 41.0 Å². The highest BCUT2D eigenvalue weighted by Gasteiger charge is 2.19. The third-order valence-electron chi connectivity index (χ3n) is 2.68. The van der Waals surface area contributed by atoms with E-state index in [1.165, 1.54) is 0 Å². The summed E-state index contributed by atoms with van der Waals surface area (Å²) in [5.74, 6) is -0.537. The number of carbonyl (C=O) groups excluding carboxylic acids is 1. The maximum atomic E-state index is 12.2. The minimum absolute atomic E-state index is 0.0728. The predicted molar refractivity (Wildman–Crippen MR) is 82.1 cm³/mol. The molecular weight excluding hydrogens is 350 g/mol.